The van der Waals surface area contributed by atoms with Crippen LogP contribution in [0.15, 0.2) is 0 Å². The van der Waals surface area contributed by atoms with Crippen LogP contribution in [0.4, 0.5) is 0 Å². The zero-order valence-electron chi connectivity index (χ0n) is 11.9. The SMILES string of the molecule is CCC1CN(CC2(CO)CCOCC2)CCN1C. The van der Waals surface area contributed by atoms with Crippen LogP contribution >= 0.6 is 0 Å². The largest absolute Gasteiger partial charge is 0.396 e. The van der Waals surface area contributed by atoms with Gasteiger partial charge in [0.1, 0.15) is 0 Å². The highest BCUT2D eigenvalue weighted by Gasteiger charge is 2.35. The number of ether oxygens (including phenoxy) is 1. The zero-order chi connectivity index (χ0) is 13.0. The Hall–Kier alpha value is -0.160. The summed E-state index contributed by atoms with van der Waals surface area (Å²) in [5.74, 6) is 0. The summed E-state index contributed by atoms with van der Waals surface area (Å²) in [5, 5.41) is 9.75. The van der Waals surface area contributed by atoms with E-state index in [4.69, 9.17) is 4.74 Å². The average molecular weight is 256 g/mol. The molecule has 0 bridgehead atoms. The maximum absolute atomic E-state index is 9.75. The highest BCUT2D eigenvalue weighted by Crippen LogP contribution is 2.31. The van der Waals surface area contributed by atoms with Gasteiger partial charge in [0.2, 0.25) is 0 Å². The van der Waals surface area contributed by atoms with E-state index in [9.17, 15) is 5.11 Å². The lowest BCUT2D eigenvalue weighted by molar-refractivity contribution is -0.0445. The van der Waals surface area contributed by atoms with Crippen molar-refractivity contribution in [2.45, 2.75) is 32.2 Å². The molecule has 18 heavy (non-hydrogen) atoms. The van der Waals surface area contributed by atoms with Gasteiger partial charge < -0.3 is 14.7 Å². The fourth-order valence-electron chi connectivity index (χ4n) is 3.24. The Morgan fingerprint density at radius 3 is 2.61 bits per heavy atom. The van der Waals surface area contributed by atoms with Crippen molar-refractivity contribution in [1.29, 1.82) is 0 Å². The Morgan fingerprint density at radius 1 is 1.28 bits per heavy atom. The number of nitrogens with zero attached hydrogens (tertiary/aromatic N) is 2. The predicted molar refractivity (Wildman–Crippen MR) is 72.7 cm³/mol. The van der Waals surface area contributed by atoms with Crippen molar-refractivity contribution in [1.82, 2.24) is 9.80 Å². The van der Waals surface area contributed by atoms with Gasteiger partial charge in [-0.15, -0.1) is 0 Å². The van der Waals surface area contributed by atoms with E-state index in [1.54, 1.807) is 0 Å². The minimum Gasteiger partial charge on any atom is -0.396 e. The summed E-state index contributed by atoms with van der Waals surface area (Å²) in [4.78, 5) is 5.02. The predicted octanol–water partition coefficient (Wildman–Crippen LogP) is 0.802. The Kier molecular flexibility index (Phi) is 5.01. The van der Waals surface area contributed by atoms with E-state index < -0.39 is 0 Å². The first-order valence-corrected chi connectivity index (χ1v) is 7.30. The number of rotatable bonds is 4. The maximum atomic E-state index is 9.75. The lowest BCUT2D eigenvalue weighted by Gasteiger charge is -2.45. The van der Waals surface area contributed by atoms with E-state index in [1.807, 2.05) is 0 Å². The molecule has 0 aromatic heterocycles. The molecule has 2 fully saturated rings. The molecule has 0 radical (unpaired) electrons. The molecule has 0 aromatic carbocycles. The van der Waals surface area contributed by atoms with Crippen molar-refractivity contribution in [3.8, 4) is 0 Å². The van der Waals surface area contributed by atoms with Crippen molar-refractivity contribution in [2.75, 3.05) is 53.0 Å². The van der Waals surface area contributed by atoms with Gasteiger partial charge in [0.05, 0.1) is 6.61 Å². The Labute approximate surface area is 111 Å². The van der Waals surface area contributed by atoms with Crippen molar-refractivity contribution < 1.29 is 9.84 Å². The molecular formula is C14H28N2O2. The molecule has 1 N–H and O–H groups in total. The maximum Gasteiger partial charge on any atom is 0.0501 e. The molecule has 4 heteroatoms. The lowest BCUT2D eigenvalue weighted by Crippen LogP contribution is -2.54. The normalized spacial score (nSPS) is 30.5. The van der Waals surface area contributed by atoms with Crippen molar-refractivity contribution in [2.24, 2.45) is 5.41 Å². The molecular weight excluding hydrogens is 228 g/mol. The molecule has 106 valence electrons. The van der Waals surface area contributed by atoms with Crippen LogP contribution < -0.4 is 0 Å². The lowest BCUT2D eigenvalue weighted by atomic mass is 9.80. The molecule has 2 aliphatic heterocycles. The molecule has 1 atom stereocenters. The fourth-order valence-corrected chi connectivity index (χ4v) is 3.24. The molecule has 0 saturated carbocycles. The van der Waals surface area contributed by atoms with Crippen LogP contribution in [0.2, 0.25) is 0 Å². The molecule has 2 rings (SSSR count). The third-order valence-electron chi connectivity index (χ3n) is 4.78. The number of piperazine rings is 1. The summed E-state index contributed by atoms with van der Waals surface area (Å²) < 4.78 is 5.44. The first-order chi connectivity index (χ1) is 8.69. The third kappa shape index (κ3) is 3.23. The van der Waals surface area contributed by atoms with Gasteiger partial charge in [-0.3, -0.25) is 4.90 Å². The van der Waals surface area contributed by atoms with Gasteiger partial charge in [-0.1, -0.05) is 6.92 Å². The van der Waals surface area contributed by atoms with Crippen LogP contribution in [-0.4, -0.2) is 74.0 Å². The Balaban J connectivity index is 1.91. The second-order valence-corrected chi connectivity index (χ2v) is 6.05. The standard InChI is InChI=1S/C14H28N2O2/c1-3-13-10-16(7-6-15(13)2)11-14(12-17)4-8-18-9-5-14/h13,17H,3-12H2,1-2H3. The van der Waals surface area contributed by atoms with Crippen LogP contribution in [0, 0.1) is 5.41 Å². The molecule has 2 aliphatic rings. The smallest absolute Gasteiger partial charge is 0.0501 e. The molecule has 0 amide bonds. The van der Waals surface area contributed by atoms with E-state index in [2.05, 4.69) is 23.8 Å². The second-order valence-electron chi connectivity index (χ2n) is 6.05. The van der Waals surface area contributed by atoms with Gasteiger partial charge in [0.15, 0.2) is 0 Å². The minimum absolute atomic E-state index is 0.0897. The van der Waals surface area contributed by atoms with Crippen LogP contribution in [0.5, 0.6) is 0 Å². The zero-order valence-corrected chi connectivity index (χ0v) is 11.9. The van der Waals surface area contributed by atoms with Gasteiger partial charge in [-0.05, 0) is 26.3 Å². The number of hydrogen-bond acceptors (Lipinski definition) is 4. The van der Waals surface area contributed by atoms with Gasteiger partial charge >= 0.3 is 0 Å². The number of aliphatic hydroxyl groups excluding tert-OH is 1. The monoisotopic (exact) mass is 256 g/mol. The van der Waals surface area contributed by atoms with Crippen LogP contribution in [-0.2, 0) is 4.74 Å². The highest BCUT2D eigenvalue weighted by atomic mass is 16.5. The van der Waals surface area contributed by atoms with E-state index in [0.29, 0.717) is 12.6 Å². The number of aliphatic hydroxyl groups is 1. The fraction of sp³-hybridized carbons (Fsp3) is 1.00. The van der Waals surface area contributed by atoms with Gasteiger partial charge in [-0.2, -0.15) is 0 Å². The van der Waals surface area contributed by atoms with E-state index in [1.165, 1.54) is 6.42 Å². The average Bonchev–Trinajstić information content (AvgIpc) is 2.42. The van der Waals surface area contributed by atoms with E-state index in [-0.39, 0.29) is 5.41 Å². The van der Waals surface area contributed by atoms with Crippen molar-refractivity contribution >= 4 is 0 Å². The minimum atomic E-state index is 0.0897. The summed E-state index contributed by atoms with van der Waals surface area (Å²) in [5.41, 5.74) is 0.0897. The van der Waals surface area contributed by atoms with Crippen LogP contribution in [0.25, 0.3) is 0 Å². The topological polar surface area (TPSA) is 35.9 Å². The first kappa shape index (κ1) is 14.3. The first-order valence-electron chi connectivity index (χ1n) is 7.30. The van der Waals surface area contributed by atoms with Gasteiger partial charge in [0, 0.05) is 50.8 Å². The number of hydrogen-bond donors (Lipinski definition) is 1. The summed E-state index contributed by atoms with van der Waals surface area (Å²) in [7, 11) is 2.22. The highest BCUT2D eigenvalue weighted by molar-refractivity contribution is 4.88. The van der Waals surface area contributed by atoms with E-state index in [0.717, 1.165) is 52.2 Å². The van der Waals surface area contributed by atoms with Crippen molar-refractivity contribution in [3.05, 3.63) is 0 Å². The van der Waals surface area contributed by atoms with Crippen LogP contribution in [0.1, 0.15) is 26.2 Å². The summed E-state index contributed by atoms with van der Waals surface area (Å²) in [6.07, 6.45) is 3.22. The second kappa shape index (κ2) is 6.33. The third-order valence-corrected chi connectivity index (χ3v) is 4.78. The van der Waals surface area contributed by atoms with Crippen molar-refractivity contribution in [3.63, 3.8) is 0 Å². The molecule has 2 heterocycles. The number of likely N-dealkylation sites (N-methyl/N-ethyl adjacent to an activating group) is 1. The van der Waals surface area contributed by atoms with Gasteiger partial charge in [-0.25, -0.2) is 0 Å². The summed E-state index contributed by atoms with van der Waals surface area (Å²) in [6, 6.07) is 0.675. The Morgan fingerprint density at radius 2 is 2.00 bits per heavy atom. The molecule has 4 nitrogen and oxygen atoms in total. The van der Waals surface area contributed by atoms with E-state index >= 15 is 0 Å². The molecule has 2 saturated heterocycles. The summed E-state index contributed by atoms with van der Waals surface area (Å²) in [6.45, 7) is 8.66. The summed E-state index contributed by atoms with van der Waals surface area (Å²) >= 11 is 0. The Bertz CT molecular complexity index is 254. The molecule has 0 aliphatic carbocycles. The van der Waals surface area contributed by atoms with Crippen LogP contribution in [0.3, 0.4) is 0 Å². The molecule has 1 unspecified atom stereocenters. The quantitative estimate of drug-likeness (QED) is 0.807. The van der Waals surface area contributed by atoms with Gasteiger partial charge in [0.25, 0.3) is 0 Å². The molecule has 0 aromatic rings. The molecule has 0 spiro atoms.